The molecule has 0 spiro atoms. The summed E-state index contributed by atoms with van der Waals surface area (Å²) in [6, 6.07) is 0. The maximum Gasteiger partial charge on any atom is 0.303 e. The summed E-state index contributed by atoms with van der Waals surface area (Å²) < 4.78 is 2.18. The van der Waals surface area contributed by atoms with Crippen molar-refractivity contribution in [3.8, 4) is 0 Å². The van der Waals surface area contributed by atoms with Crippen molar-refractivity contribution in [3.63, 3.8) is 0 Å². The minimum atomic E-state index is -0.738. The summed E-state index contributed by atoms with van der Waals surface area (Å²) in [5, 5.41) is 8.62. The molecule has 76 valence electrons. The lowest BCUT2D eigenvalue weighted by Gasteiger charge is -2.03. The van der Waals surface area contributed by atoms with Gasteiger partial charge in [-0.3, -0.25) is 4.79 Å². The molecule has 0 saturated heterocycles. The summed E-state index contributed by atoms with van der Waals surface area (Å²) in [7, 11) is 0. The van der Waals surface area contributed by atoms with E-state index in [1.807, 2.05) is 6.92 Å². The number of aromatic nitrogens is 2. The third-order valence-electron chi connectivity index (χ3n) is 2.71. The Labute approximate surface area is 82.6 Å². The lowest BCUT2D eigenvalue weighted by Crippen LogP contribution is -2.04. The Balaban J connectivity index is 2.20. The second-order valence-corrected chi connectivity index (χ2v) is 3.71. The van der Waals surface area contributed by atoms with Crippen LogP contribution in [0.15, 0.2) is 0 Å². The molecule has 0 saturated carbocycles. The van der Waals surface area contributed by atoms with Crippen molar-refractivity contribution in [2.45, 2.75) is 39.2 Å². The van der Waals surface area contributed by atoms with Crippen molar-refractivity contribution >= 4 is 5.97 Å². The molecular formula is C10H14N2O2. The Kier molecular flexibility index (Phi) is 2.27. The normalized spacial score (nSPS) is 14.4. The monoisotopic (exact) mass is 194 g/mol. The topological polar surface area (TPSA) is 55.1 Å². The molecule has 0 atom stereocenters. The quantitative estimate of drug-likeness (QED) is 0.785. The number of hydrogen-bond donors (Lipinski definition) is 1. The fourth-order valence-electron chi connectivity index (χ4n) is 2.06. The van der Waals surface area contributed by atoms with Crippen LogP contribution in [0.5, 0.6) is 0 Å². The molecule has 0 amide bonds. The maximum absolute atomic E-state index is 10.5. The molecule has 2 heterocycles. The second-order valence-electron chi connectivity index (χ2n) is 3.71. The van der Waals surface area contributed by atoms with Crippen LogP contribution in [0.3, 0.4) is 0 Å². The Morgan fingerprint density at radius 3 is 3.14 bits per heavy atom. The van der Waals surface area contributed by atoms with Crippen LogP contribution < -0.4 is 0 Å². The molecule has 0 unspecified atom stereocenters. The number of carboxylic acid groups (broad SMARTS) is 1. The number of carboxylic acids is 1. The number of hydrogen-bond acceptors (Lipinski definition) is 2. The van der Waals surface area contributed by atoms with Gasteiger partial charge in [0.15, 0.2) is 0 Å². The Bertz CT molecular complexity index is 368. The Morgan fingerprint density at radius 1 is 1.64 bits per heavy atom. The predicted molar refractivity (Wildman–Crippen MR) is 51.2 cm³/mol. The zero-order chi connectivity index (χ0) is 10.1. The molecular weight excluding hydrogens is 180 g/mol. The lowest BCUT2D eigenvalue weighted by molar-refractivity contribution is -0.136. The molecule has 0 aliphatic carbocycles. The third kappa shape index (κ3) is 1.52. The van der Waals surface area contributed by atoms with Gasteiger partial charge < -0.3 is 9.67 Å². The average Bonchev–Trinajstić information content (AvgIpc) is 2.61. The number of aryl methyl sites for hydroxylation is 2. The van der Waals surface area contributed by atoms with E-state index in [0.29, 0.717) is 6.42 Å². The first-order chi connectivity index (χ1) is 6.68. The fraction of sp³-hybridized carbons (Fsp3) is 0.600. The summed E-state index contributed by atoms with van der Waals surface area (Å²) in [4.78, 5) is 14.9. The second kappa shape index (κ2) is 3.44. The van der Waals surface area contributed by atoms with Crippen molar-refractivity contribution in [2.24, 2.45) is 0 Å². The Hall–Kier alpha value is -1.32. The minimum absolute atomic E-state index is 0.200. The van der Waals surface area contributed by atoms with Crippen molar-refractivity contribution < 1.29 is 9.90 Å². The number of imidazole rings is 1. The summed E-state index contributed by atoms with van der Waals surface area (Å²) in [5.41, 5.74) is 2.11. The lowest BCUT2D eigenvalue weighted by atomic mass is 10.2. The molecule has 2 rings (SSSR count). The SMILES string of the molecule is Cc1nc2n(c1CCC(=O)O)CCC2. The van der Waals surface area contributed by atoms with Gasteiger partial charge >= 0.3 is 5.97 Å². The van der Waals surface area contributed by atoms with Gasteiger partial charge in [-0.05, 0) is 19.8 Å². The van der Waals surface area contributed by atoms with E-state index < -0.39 is 5.97 Å². The van der Waals surface area contributed by atoms with Gasteiger partial charge in [0.05, 0.1) is 12.1 Å². The van der Waals surface area contributed by atoms with Gasteiger partial charge in [0.1, 0.15) is 5.82 Å². The Morgan fingerprint density at radius 2 is 2.43 bits per heavy atom. The average molecular weight is 194 g/mol. The number of rotatable bonds is 3. The molecule has 14 heavy (non-hydrogen) atoms. The molecule has 0 radical (unpaired) electrons. The van der Waals surface area contributed by atoms with E-state index in [1.165, 1.54) is 0 Å². The van der Waals surface area contributed by atoms with Gasteiger partial charge in [-0.15, -0.1) is 0 Å². The number of fused-ring (bicyclic) bond motifs is 1. The zero-order valence-electron chi connectivity index (χ0n) is 8.29. The van der Waals surface area contributed by atoms with Crippen LogP contribution in [0.4, 0.5) is 0 Å². The van der Waals surface area contributed by atoms with Crippen LogP contribution in [-0.4, -0.2) is 20.6 Å². The highest BCUT2D eigenvalue weighted by atomic mass is 16.4. The van der Waals surface area contributed by atoms with E-state index in [4.69, 9.17) is 5.11 Å². The molecule has 0 fully saturated rings. The molecule has 1 aliphatic rings. The number of aliphatic carboxylic acids is 1. The predicted octanol–water partition coefficient (Wildman–Crippen LogP) is 1.15. The van der Waals surface area contributed by atoms with E-state index in [2.05, 4.69) is 9.55 Å². The highest BCUT2D eigenvalue weighted by Gasteiger charge is 2.18. The maximum atomic E-state index is 10.5. The highest BCUT2D eigenvalue weighted by Crippen LogP contribution is 2.20. The van der Waals surface area contributed by atoms with Crippen molar-refractivity contribution in [3.05, 3.63) is 17.2 Å². The summed E-state index contributed by atoms with van der Waals surface area (Å²) in [6.07, 6.45) is 2.98. The van der Waals surface area contributed by atoms with Gasteiger partial charge in [-0.2, -0.15) is 0 Å². The van der Waals surface area contributed by atoms with Crippen LogP contribution in [0.1, 0.15) is 30.1 Å². The van der Waals surface area contributed by atoms with Crippen LogP contribution >= 0.6 is 0 Å². The summed E-state index contributed by atoms with van der Waals surface area (Å²) in [5.74, 6) is 0.390. The van der Waals surface area contributed by atoms with Crippen molar-refractivity contribution in [1.29, 1.82) is 0 Å². The number of nitrogens with zero attached hydrogens (tertiary/aromatic N) is 2. The van der Waals surface area contributed by atoms with Crippen molar-refractivity contribution in [1.82, 2.24) is 9.55 Å². The van der Waals surface area contributed by atoms with Gasteiger partial charge in [-0.25, -0.2) is 4.98 Å². The van der Waals surface area contributed by atoms with Crippen LogP contribution in [0.2, 0.25) is 0 Å². The smallest absolute Gasteiger partial charge is 0.303 e. The van der Waals surface area contributed by atoms with E-state index >= 15 is 0 Å². The summed E-state index contributed by atoms with van der Waals surface area (Å²) in [6.45, 7) is 2.97. The first-order valence-corrected chi connectivity index (χ1v) is 4.95. The van der Waals surface area contributed by atoms with Crippen LogP contribution in [0.25, 0.3) is 0 Å². The largest absolute Gasteiger partial charge is 0.481 e. The highest BCUT2D eigenvalue weighted by molar-refractivity contribution is 5.67. The number of carbonyl (C=O) groups is 1. The molecule has 4 heteroatoms. The third-order valence-corrected chi connectivity index (χ3v) is 2.71. The molecule has 0 bridgehead atoms. The van der Waals surface area contributed by atoms with Gasteiger partial charge in [0, 0.05) is 18.7 Å². The van der Waals surface area contributed by atoms with E-state index in [0.717, 1.165) is 36.6 Å². The molecule has 1 aromatic heterocycles. The molecule has 4 nitrogen and oxygen atoms in total. The van der Waals surface area contributed by atoms with Gasteiger partial charge in [0.2, 0.25) is 0 Å². The molecule has 0 aromatic carbocycles. The van der Waals surface area contributed by atoms with E-state index in [9.17, 15) is 4.79 Å². The molecule has 1 aromatic rings. The van der Waals surface area contributed by atoms with Crippen LogP contribution in [0, 0.1) is 6.92 Å². The van der Waals surface area contributed by atoms with E-state index in [1.54, 1.807) is 0 Å². The van der Waals surface area contributed by atoms with Crippen molar-refractivity contribution in [2.75, 3.05) is 0 Å². The molecule has 1 aliphatic heterocycles. The fourth-order valence-corrected chi connectivity index (χ4v) is 2.06. The molecule has 1 N–H and O–H groups in total. The van der Waals surface area contributed by atoms with Gasteiger partial charge in [-0.1, -0.05) is 0 Å². The summed E-state index contributed by atoms with van der Waals surface area (Å²) >= 11 is 0. The van der Waals surface area contributed by atoms with E-state index in [-0.39, 0.29) is 6.42 Å². The first kappa shape index (κ1) is 9.24. The van der Waals surface area contributed by atoms with Crippen LogP contribution in [-0.2, 0) is 24.2 Å². The zero-order valence-corrected chi connectivity index (χ0v) is 8.29. The standard InChI is InChI=1S/C10H14N2O2/c1-7-8(4-5-10(13)14)12-6-2-3-9(12)11-7/h2-6H2,1H3,(H,13,14). The first-order valence-electron chi connectivity index (χ1n) is 4.95. The minimum Gasteiger partial charge on any atom is -0.481 e. The van der Waals surface area contributed by atoms with Gasteiger partial charge in [0.25, 0.3) is 0 Å².